The maximum absolute atomic E-state index is 11.9. The number of thioether (sulfide) groups is 1. The number of carbonyl (C=O) groups is 2. The standard InChI is InChI=1S/C21H24N6O3S/c1-25(11-12-28)18-14-15(13-17-19(29)24-21(30)31-17)22-20(23-18)27-9-7-26(8-10-27)16-5-3-2-4-6-16/h2-6,13-14,28H,7-12H2,1H3,(H,24,29,30)/b17-13+. The van der Waals surface area contributed by atoms with Gasteiger partial charge in [-0.05, 0) is 30.0 Å². The molecule has 2 amide bonds. The average molecular weight is 441 g/mol. The summed E-state index contributed by atoms with van der Waals surface area (Å²) in [5, 5.41) is 11.2. The van der Waals surface area contributed by atoms with Gasteiger partial charge in [0.05, 0.1) is 17.2 Å². The third kappa shape index (κ3) is 4.97. The molecule has 2 aliphatic heterocycles. The zero-order valence-electron chi connectivity index (χ0n) is 17.2. The molecule has 2 fully saturated rings. The van der Waals surface area contributed by atoms with Gasteiger partial charge in [0.2, 0.25) is 5.95 Å². The van der Waals surface area contributed by atoms with Crippen molar-refractivity contribution < 1.29 is 14.7 Å². The maximum atomic E-state index is 11.9. The minimum atomic E-state index is -0.420. The normalized spacial score (nSPS) is 17.9. The first-order chi connectivity index (χ1) is 15.0. The molecule has 0 bridgehead atoms. The maximum Gasteiger partial charge on any atom is 0.290 e. The first-order valence-corrected chi connectivity index (χ1v) is 10.9. The number of carbonyl (C=O) groups excluding carboxylic acids is 2. The van der Waals surface area contributed by atoms with Crippen molar-refractivity contribution in [3.05, 3.63) is 47.0 Å². The molecule has 0 unspecified atom stereocenters. The topological polar surface area (TPSA) is 102 Å². The fraction of sp³-hybridized carbons (Fsp3) is 0.333. The summed E-state index contributed by atoms with van der Waals surface area (Å²) < 4.78 is 0. The van der Waals surface area contributed by atoms with Gasteiger partial charge in [0.15, 0.2) is 0 Å². The van der Waals surface area contributed by atoms with Crippen LogP contribution < -0.4 is 20.0 Å². The third-order valence-corrected chi connectivity index (χ3v) is 5.96. The number of aliphatic hydroxyl groups is 1. The number of benzene rings is 1. The van der Waals surface area contributed by atoms with Crippen LogP contribution in [0.4, 0.5) is 22.2 Å². The Morgan fingerprint density at radius 3 is 2.48 bits per heavy atom. The third-order valence-electron chi connectivity index (χ3n) is 5.15. The number of aliphatic hydroxyl groups excluding tert-OH is 1. The summed E-state index contributed by atoms with van der Waals surface area (Å²) in [6.07, 6.45) is 1.60. The molecule has 0 atom stereocenters. The van der Waals surface area contributed by atoms with Gasteiger partial charge < -0.3 is 19.8 Å². The number of hydrogen-bond donors (Lipinski definition) is 2. The van der Waals surface area contributed by atoms with Gasteiger partial charge in [-0.1, -0.05) is 18.2 Å². The summed E-state index contributed by atoms with van der Waals surface area (Å²) in [5.41, 5.74) is 1.74. The second-order valence-electron chi connectivity index (χ2n) is 7.26. The van der Waals surface area contributed by atoms with Crippen molar-refractivity contribution in [1.29, 1.82) is 0 Å². The van der Waals surface area contributed by atoms with Gasteiger partial charge in [-0.2, -0.15) is 4.98 Å². The predicted octanol–water partition coefficient (Wildman–Crippen LogP) is 1.56. The van der Waals surface area contributed by atoms with Gasteiger partial charge in [0, 0.05) is 51.5 Å². The van der Waals surface area contributed by atoms with Crippen molar-refractivity contribution in [2.24, 2.45) is 0 Å². The van der Waals surface area contributed by atoms with E-state index in [4.69, 9.17) is 0 Å². The summed E-state index contributed by atoms with van der Waals surface area (Å²) in [4.78, 5) is 39.3. The van der Waals surface area contributed by atoms with Crippen LogP contribution in [0, 0.1) is 0 Å². The Labute approximate surface area is 184 Å². The number of nitrogens with zero attached hydrogens (tertiary/aromatic N) is 5. The molecule has 1 aromatic carbocycles. The van der Waals surface area contributed by atoms with Gasteiger partial charge in [-0.15, -0.1) is 0 Å². The minimum Gasteiger partial charge on any atom is -0.395 e. The van der Waals surface area contributed by atoms with E-state index in [0.29, 0.717) is 28.9 Å². The van der Waals surface area contributed by atoms with E-state index >= 15 is 0 Å². The van der Waals surface area contributed by atoms with Crippen molar-refractivity contribution in [3.63, 3.8) is 0 Å². The van der Waals surface area contributed by atoms with Crippen molar-refractivity contribution in [1.82, 2.24) is 15.3 Å². The van der Waals surface area contributed by atoms with Gasteiger partial charge >= 0.3 is 0 Å². The molecule has 0 aliphatic carbocycles. The van der Waals surface area contributed by atoms with Crippen molar-refractivity contribution in [3.8, 4) is 0 Å². The van der Waals surface area contributed by atoms with Crippen LogP contribution in [-0.2, 0) is 4.79 Å². The Bertz CT molecular complexity index is 992. The van der Waals surface area contributed by atoms with Crippen LogP contribution in [0.15, 0.2) is 41.3 Å². The molecule has 3 heterocycles. The molecule has 0 spiro atoms. The Hall–Kier alpha value is -3.11. The molecule has 2 saturated heterocycles. The van der Waals surface area contributed by atoms with Gasteiger partial charge in [-0.3, -0.25) is 14.9 Å². The number of rotatable bonds is 6. The Morgan fingerprint density at radius 2 is 1.84 bits per heavy atom. The molecule has 2 aliphatic rings. The fourth-order valence-electron chi connectivity index (χ4n) is 3.47. The molecule has 10 heteroatoms. The molecule has 0 saturated carbocycles. The van der Waals surface area contributed by atoms with E-state index in [1.165, 1.54) is 5.69 Å². The number of piperazine rings is 1. The summed E-state index contributed by atoms with van der Waals surface area (Å²) in [6.45, 7) is 3.61. The lowest BCUT2D eigenvalue weighted by Crippen LogP contribution is -2.47. The number of anilines is 3. The van der Waals surface area contributed by atoms with Crippen LogP contribution in [0.2, 0.25) is 0 Å². The monoisotopic (exact) mass is 440 g/mol. The molecule has 4 rings (SSSR count). The zero-order chi connectivity index (χ0) is 21.8. The van der Waals surface area contributed by atoms with Crippen molar-refractivity contribution >= 4 is 46.4 Å². The molecule has 2 aromatic rings. The smallest absolute Gasteiger partial charge is 0.290 e. The zero-order valence-corrected chi connectivity index (χ0v) is 18.0. The molecule has 31 heavy (non-hydrogen) atoms. The number of imide groups is 1. The number of amides is 2. The minimum absolute atomic E-state index is 0.00519. The highest BCUT2D eigenvalue weighted by Gasteiger charge is 2.26. The number of hydrogen-bond acceptors (Lipinski definition) is 9. The number of para-hydroxylation sites is 1. The Balaban J connectivity index is 1.58. The lowest BCUT2D eigenvalue weighted by atomic mass is 10.2. The summed E-state index contributed by atoms with van der Waals surface area (Å²) in [6, 6.07) is 12.0. The quantitative estimate of drug-likeness (QED) is 0.648. The number of likely N-dealkylation sites (N-methyl/N-ethyl adjacent to an activating group) is 1. The van der Waals surface area contributed by atoms with Crippen molar-refractivity contribution in [2.45, 2.75) is 0 Å². The van der Waals surface area contributed by atoms with Gasteiger partial charge in [0.25, 0.3) is 11.1 Å². The number of aromatic nitrogens is 2. The molecule has 9 nitrogen and oxygen atoms in total. The van der Waals surface area contributed by atoms with Crippen LogP contribution in [0.5, 0.6) is 0 Å². The molecule has 162 valence electrons. The highest BCUT2D eigenvalue weighted by Crippen LogP contribution is 2.27. The predicted molar refractivity (Wildman–Crippen MR) is 122 cm³/mol. The molecular weight excluding hydrogens is 416 g/mol. The van der Waals surface area contributed by atoms with Gasteiger partial charge in [0.1, 0.15) is 5.82 Å². The Morgan fingerprint density at radius 1 is 1.13 bits per heavy atom. The molecule has 2 N–H and O–H groups in total. The van der Waals surface area contributed by atoms with E-state index in [1.54, 1.807) is 12.1 Å². The van der Waals surface area contributed by atoms with Crippen LogP contribution in [0.3, 0.4) is 0 Å². The van der Waals surface area contributed by atoms with E-state index in [-0.39, 0.29) is 11.8 Å². The lowest BCUT2D eigenvalue weighted by Gasteiger charge is -2.36. The van der Waals surface area contributed by atoms with Crippen LogP contribution in [0.1, 0.15) is 5.69 Å². The number of nitrogens with one attached hydrogen (secondary N) is 1. The second-order valence-corrected chi connectivity index (χ2v) is 8.27. The largest absolute Gasteiger partial charge is 0.395 e. The summed E-state index contributed by atoms with van der Waals surface area (Å²) >= 11 is 0.860. The van der Waals surface area contributed by atoms with Crippen LogP contribution in [0.25, 0.3) is 6.08 Å². The van der Waals surface area contributed by atoms with E-state index in [0.717, 1.165) is 37.9 Å². The van der Waals surface area contributed by atoms with E-state index in [2.05, 4.69) is 37.2 Å². The molecule has 1 aromatic heterocycles. The van der Waals surface area contributed by atoms with E-state index < -0.39 is 5.91 Å². The Kier molecular flexibility index (Phi) is 6.38. The van der Waals surface area contributed by atoms with Crippen LogP contribution >= 0.6 is 11.8 Å². The lowest BCUT2D eigenvalue weighted by molar-refractivity contribution is -0.115. The summed E-state index contributed by atoms with van der Waals surface area (Å²) in [5.74, 6) is 0.791. The van der Waals surface area contributed by atoms with Gasteiger partial charge in [-0.25, -0.2) is 4.98 Å². The van der Waals surface area contributed by atoms with E-state index in [1.807, 2.05) is 30.1 Å². The average Bonchev–Trinajstić information content (AvgIpc) is 3.11. The highest BCUT2D eigenvalue weighted by atomic mass is 32.2. The van der Waals surface area contributed by atoms with E-state index in [9.17, 15) is 14.7 Å². The van der Waals surface area contributed by atoms with Crippen LogP contribution in [-0.4, -0.2) is 72.6 Å². The highest BCUT2D eigenvalue weighted by molar-refractivity contribution is 8.18. The van der Waals surface area contributed by atoms with Crippen molar-refractivity contribution in [2.75, 3.05) is 61.1 Å². The SMILES string of the molecule is CN(CCO)c1cc(/C=C2/SC(=O)NC2=O)nc(N2CCN(c3ccccc3)CC2)n1. The first-order valence-electron chi connectivity index (χ1n) is 10.0. The second kappa shape index (κ2) is 9.36. The molecule has 0 radical (unpaired) electrons. The first kappa shape index (κ1) is 21.1. The fourth-order valence-corrected chi connectivity index (χ4v) is 4.14. The summed E-state index contributed by atoms with van der Waals surface area (Å²) in [7, 11) is 1.84. The molecular formula is C21H24N6O3S.